The van der Waals surface area contributed by atoms with E-state index in [1.54, 1.807) is 6.20 Å². The van der Waals surface area contributed by atoms with Gasteiger partial charge in [0.2, 0.25) is 0 Å². The van der Waals surface area contributed by atoms with Crippen LogP contribution < -0.4 is 10.1 Å². The van der Waals surface area contributed by atoms with E-state index < -0.39 is 0 Å². The molecule has 1 atom stereocenters. The second kappa shape index (κ2) is 6.33. The molecule has 0 aliphatic carbocycles. The summed E-state index contributed by atoms with van der Waals surface area (Å²) in [7, 11) is 1.90. The number of hydrogen-bond acceptors (Lipinski definition) is 4. The number of hydrogen-bond donors (Lipinski definition) is 1. The van der Waals surface area contributed by atoms with Crippen LogP contribution >= 0.6 is 0 Å². The van der Waals surface area contributed by atoms with E-state index in [1.165, 1.54) is 0 Å². The van der Waals surface area contributed by atoms with E-state index in [-0.39, 0.29) is 6.10 Å². The molecule has 1 unspecified atom stereocenters. The van der Waals surface area contributed by atoms with Gasteiger partial charge in [0.25, 0.3) is 0 Å². The topological polar surface area (TPSA) is 52.0 Å². The Labute approximate surface area is 113 Å². The summed E-state index contributed by atoms with van der Waals surface area (Å²) in [5.41, 5.74) is 1.98. The van der Waals surface area contributed by atoms with Gasteiger partial charge in [-0.1, -0.05) is 18.2 Å². The molecule has 0 fully saturated rings. The van der Waals surface area contributed by atoms with Crippen molar-refractivity contribution in [1.29, 1.82) is 0 Å². The van der Waals surface area contributed by atoms with E-state index in [0.717, 1.165) is 30.1 Å². The smallest absolute Gasteiger partial charge is 0.121 e. The molecular weight excluding hydrogens is 240 g/mol. The average Bonchev–Trinajstić information content (AvgIpc) is 2.87. The standard InChI is InChI=1S/C14H20N4O/c1-4-11(2)19-14-7-5-6-12(8-14)18-13(9-15-3)10-16-17-18/h5-8,10-11,15H,4,9H2,1-3H3. The number of ether oxygens (including phenoxy) is 1. The Hall–Kier alpha value is -1.88. The first-order valence-electron chi connectivity index (χ1n) is 6.56. The summed E-state index contributed by atoms with van der Waals surface area (Å²) in [4.78, 5) is 0. The van der Waals surface area contributed by atoms with Gasteiger partial charge in [0.15, 0.2) is 0 Å². The molecule has 1 heterocycles. The number of rotatable bonds is 6. The maximum atomic E-state index is 5.82. The van der Waals surface area contributed by atoms with Gasteiger partial charge in [0.05, 0.1) is 23.7 Å². The highest BCUT2D eigenvalue weighted by Gasteiger charge is 2.07. The Morgan fingerprint density at radius 1 is 1.42 bits per heavy atom. The van der Waals surface area contributed by atoms with Gasteiger partial charge in [-0.15, -0.1) is 5.10 Å². The van der Waals surface area contributed by atoms with Crippen molar-refractivity contribution in [3.8, 4) is 11.4 Å². The quantitative estimate of drug-likeness (QED) is 0.864. The molecule has 0 saturated heterocycles. The molecule has 0 bridgehead atoms. The molecule has 0 radical (unpaired) electrons. The van der Waals surface area contributed by atoms with Crippen LogP contribution in [0.5, 0.6) is 5.75 Å². The van der Waals surface area contributed by atoms with Crippen LogP contribution in [-0.4, -0.2) is 28.1 Å². The molecule has 102 valence electrons. The number of aromatic nitrogens is 3. The Balaban J connectivity index is 2.24. The van der Waals surface area contributed by atoms with Gasteiger partial charge >= 0.3 is 0 Å². The van der Waals surface area contributed by atoms with Crippen molar-refractivity contribution in [2.45, 2.75) is 32.9 Å². The zero-order valence-corrected chi connectivity index (χ0v) is 11.6. The van der Waals surface area contributed by atoms with Crippen LogP contribution in [0.2, 0.25) is 0 Å². The zero-order valence-electron chi connectivity index (χ0n) is 11.6. The molecule has 1 aromatic heterocycles. The van der Waals surface area contributed by atoms with E-state index in [1.807, 2.05) is 36.0 Å². The predicted octanol–water partition coefficient (Wildman–Crippen LogP) is 2.16. The summed E-state index contributed by atoms with van der Waals surface area (Å²) in [6, 6.07) is 7.92. The Morgan fingerprint density at radius 2 is 2.26 bits per heavy atom. The lowest BCUT2D eigenvalue weighted by atomic mass is 10.2. The van der Waals surface area contributed by atoms with Crippen LogP contribution in [0.1, 0.15) is 26.0 Å². The molecular formula is C14H20N4O. The Morgan fingerprint density at radius 3 is 3.00 bits per heavy atom. The molecule has 2 aromatic rings. The van der Waals surface area contributed by atoms with Crippen molar-refractivity contribution in [3.05, 3.63) is 36.2 Å². The second-order valence-corrected chi connectivity index (χ2v) is 4.50. The fourth-order valence-electron chi connectivity index (χ4n) is 1.78. The first kappa shape index (κ1) is 13.5. The van der Waals surface area contributed by atoms with Crippen molar-refractivity contribution >= 4 is 0 Å². The van der Waals surface area contributed by atoms with Gasteiger partial charge in [-0.3, -0.25) is 0 Å². The third-order valence-electron chi connectivity index (χ3n) is 2.95. The lowest BCUT2D eigenvalue weighted by molar-refractivity contribution is 0.217. The van der Waals surface area contributed by atoms with Crippen LogP contribution in [0.15, 0.2) is 30.5 Å². The zero-order chi connectivity index (χ0) is 13.7. The number of benzene rings is 1. The molecule has 0 saturated carbocycles. The van der Waals surface area contributed by atoms with Gasteiger partial charge in [0.1, 0.15) is 5.75 Å². The summed E-state index contributed by atoms with van der Waals surface area (Å²) >= 11 is 0. The summed E-state index contributed by atoms with van der Waals surface area (Å²) in [6.45, 7) is 4.90. The maximum Gasteiger partial charge on any atom is 0.121 e. The lowest BCUT2D eigenvalue weighted by Gasteiger charge is -2.13. The highest BCUT2D eigenvalue weighted by molar-refractivity contribution is 5.39. The van der Waals surface area contributed by atoms with E-state index in [2.05, 4.69) is 29.5 Å². The Kier molecular flexibility index (Phi) is 4.52. The van der Waals surface area contributed by atoms with Crippen LogP contribution in [0.4, 0.5) is 0 Å². The minimum Gasteiger partial charge on any atom is -0.491 e. The molecule has 0 aliphatic heterocycles. The van der Waals surface area contributed by atoms with Crippen molar-refractivity contribution in [1.82, 2.24) is 20.3 Å². The second-order valence-electron chi connectivity index (χ2n) is 4.50. The SMILES string of the molecule is CCC(C)Oc1cccc(-n2nncc2CNC)c1. The third-order valence-corrected chi connectivity index (χ3v) is 2.95. The van der Waals surface area contributed by atoms with E-state index >= 15 is 0 Å². The van der Waals surface area contributed by atoms with E-state index in [4.69, 9.17) is 4.74 Å². The summed E-state index contributed by atoms with van der Waals surface area (Å²) in [5, 5.41) is 11.2. The predicted molar refractivity (Wildman–Crippen MR) is 74.5 cm³/mol. The van der Waals surface area contributed by atoms with Crippen molar-refractivity contribution in [2.24, 2.45) is 0 Å². The minimum absolute atomic E-state index is 0.211. The summed E-state index contributed by atoms with van der Waals surface area (Å²) < 4.78 is 7.64. The average molecular weight is 260 g/mol. The number of nitrogens with zero attached hydrogens (tertiary/aromatic N) is 3. The first-order valence-corrected chi connectivity index (χ1v) is 6.56. The van der Waals surface area contributed by atoms with Gasteiger partial charge in [0, 0.05) is 12.6 Å². The van der Waals surface area contributed by atoms with Crippen molar-refractivity contribution in [2.75, 3.05) is 7.05 Å². The van der Waals surface area contributed by atoms with Crippen LogP contribution in [-0.2, 0) is 6.54 Å². The highest BCUT2D eigenvalue weighted by atomic mass is 16.5. The molecule has 1 N–H and O–H groups in total. The van der Waals surface area contributed by atoms with Crippen LogP contribution in [0.25, 0.3) is 5.69 Å². The molecule has 5 heteroatoms. The van der Waals surface area contributed by atoms with Crippen LogP contribution in [0, 0.1) is 0 Å². The molecule has 2 rings (SSSR count). The summed E-state index contributed by atoms with van der Waals surface area (Å²) in [5.74, 6) is 0.859. The molecule has 0 aliphatic rings. The Bertz CT molecular complexity index is 524. The third kappa shape index (κ3) is 3.32. The van der Waals surface area contributed by atoms with Crippen LogP contribution in [0.3, 0.4) is 0 Å². The molecule has 19 heavy (non-hydrogen) atoms. The highest BCUT2D eigenvalue weighted by Crippen LogP contribution is 2.19. The van der Waals surface area contributed by atoms with Crippen molar-refractivity contribution < 1.29 is 4.74 Å². The normalized spacial score (nSPS) is 12.4. The lowest BCUT2D eigenvalue weighted by Crippen LogP contribution is -2.12. The molecule has 1 aromatic carbocycles. The monoisotopic (exact) mass is 260 g/mol. The molecule has 5 nitrogen and oxygen atoms in total. The minimum atomic E-state index is 0.211. The van der Waals surface area contributed by atoms with Crippen molar-refractivity contribution in [3.63, 3.8) is 0 Å². The summed E-state index contributed by atoms with van der Waals surface area (Å²) in [6.07, 6.45) is 2.96. The van der Waals surface area contributed by atoms with Gasteiger partial charge in [-0.05, 0) is 32.5 Å². The largest absolute Gasteiger partial charge is 0.491 e. The van der Waals surface area contributed by atoms with E-state index in [0.29, 0.717) is 0 Å². The number of nitrogens with one attached hydrogen (secondary N) is 1. The van der Waals surface area contributed by atoms with Gasteiger partial charge in [-0.25, -0.2) is 4.68 Å². The first-order chi connectivity index (χ1) is 9.24. The molecule has 0 spiro atoms. The fourth-order valence-corrected chi connectivity index (χ4v) is 1.78. The van der Waals surface area contributed by atoms with Gasteiger partial charge in [-0.2, -0.15) is 0 Å². The fraction of sp³-hybridized carbons (Fsp3) is 0.429. The molecule has 0 amide bonds. The maximum absolute atomic E-state index is 5.82. The van der Waals surface area contributed by atoms with Gasteiger partial charge < -0.3 is 10.1 Å². The van der Waals surface area contributed by atoms with E-state index in [9.17, 15) is 0 Å².